The number of phenols is 1. The van der Waals surface area contributed by atoms with E-state index in [1.807, 2.05) is 13.0 Å². The minimum absolute atomic E-state index is 0.372. The summed E-state index contributed by atoms with van der Waals surface area (Å²) < 4.78 is 0. The minimum atomic E-state index is 0.372. The van der Waals surface area contributed by atoms with Crippen LogP contribution in [0.5, 0.6) is 5.75 Å². The third-order valence-electron chi connectivity index (χ3n) is 2.42. The van der Waals surface area contributed by atoms with Crippen LogP contribution in [-0.4, -0.2) is 5.11 Å². The van der Waals surface area contributed by atoms with E-state index in [1.165, 1.54) is 10.9 Å². The lowest BCUT2D eigenvalue weighted by molar-refractivity contribution is 0.472. The molecule has 2 rings (SSSR count). The Bertz CT molecular complexity index is 458. The molecule has 0 saturated heterocycles. The van der Waals surface area contributed by atoms with E-state index in [4.69, 9.17) is 0 Å². The van der Waals surface area contributed by atoms with Gasteiger partial charge in [0, 0.05) is 0 Å². The predicted molar refractivity (Wildman–Crippen MR) is 55.1 cm³/mol. The minimum Gasteiger partial charge on any atom is -0.508 e. The summed E-state index contributed by atoms with van der Waals surface area (Å²) in [6.07, 6.45) is 0. The molecule has 0 aliphatic carbocycles. The average Bonchev–Trinajstić information content (AvgIpc) is 2.12. The van der Waals surface area contributed by atoms with E-state index in [9.17, 15) is 5.11 Å². The molecule has 1 N–H and O–H groups in total. The molecule has 0 radical (unpaired) electrons. The third kappa shape index (κ3) is 1.26. The van der Waals surface area contributed by atoms with Crippen molar-refractivity contribution in [2.75, 3.05) is 0 Å². The van der Waals surface area contributed by atoms with E-state index in [2.05, 4.69) is 25.1 Å². The lowest BCUT2D eigenvalue weighted by atomic mass is 10.0. The van der Waals surface area contributed by atoms with E-state index < -0.39 is 0 Å². The van der Waals surface area contributed by atoms with Crippen molar-refractivity contribution in [2.24, 2.45) is 0 Å². The van der Waals surface area contributed by atoms with Crippen LogP contribution in [0, 0.1) is 13.8 Å². The van der Waals surface area contributed by atoms with Crippen molar-refractivity contribution >= 4 is 10.8 Å². The predicted octanol–water partition coefficient (Wildman–Crippen LogP) is 3.16. The normalized spacial score (nSPS) is 10.6. The summed E-state index contributed by atoms with van der Waals surface area (Å²) in [5.41, 5.74) is 2.20. The van der Waals surface area contributed by atoms with Gasteiger partial charge in [-0.3, -0.25) is 0 Å². The van der Waals surface area contributed by atoms with Crippen LogP contribution in [0.25, 0.3) is 10.8 Å². The molecule has 0 aromatic heterocycles. The van der Waals surface area contributed by atoms with Gasteiger partial charge in [-0.2, -0.15) is 0 Å². The van der Waals surface area contributed by atoms with E-state index >= 15 is 0 Å². The van der Waals surface area contributed by atoms with Crippen molar-refractivity contribution in [1.29, 1.82) is 0 Å². The molecule has 0 heterocycles. The number of hydrogen-bond acceptors (Lipinski definition) is 1. The second-order valence-electron chi connectivity index (χ2n) is 3.43. The van der Waals surface area contributed by atoms with Gasteiger partial charge >= 0.3 is 0 Å². The molecule has 0 atom stereocenters. The molecule has 66 valence electrons. The first-order chi connectivity index (χ1) is 6.18. The fraction of sp³-hybridized carbons (Fsp3) is 0.167. The van der Waals surface area contributed by atoms with Gasteiger partial charge in [0.2, 0.25) is 0 Å². The maximum Gasteiger partial charge on any atom is 0.119 e. The average molecular weight is 172 g/mol. The standard InChI is InChI=1S/C12H12O/c1-8-3-5-11-9(2)12(13)6-4-10(11)7-8/h3-7,13H,1-2H3. The van der Waals surface area contributed by atoms with Crippen molar-refractivity contribution in [3.63, 3.8) is 0 Å². The molecule has 13 heavy (non-hydrogen) atoms. The number of phenolic OH excluding ortho intramolecular Hbond substituents is 1. The van der Waals surface area contributed by atoms with E-state index in [-0.39, 0.29) is 0 Å². The Balaban J connectivity index is 2.87. The molecule has 2 aromatic carbocycles. The highest BCUT2D eigenvalue weighted by Gasteiger charge is 2.01. The highest BCUT2D eigenvalue weighted by molar-refractivity contribution is 5.87. The molecule has 1 heteroatoms. The number of aryl methyl sites for hydroxylation is 2. The van der Waals surface area contributed by atoms with Gasteiger partial charge in [0.15, 0.2) is 0 Å². The summed E-state index contributed by atoms with van der Waals surface area (Å²) in [5, 5.41) is 11.8. The Labute approximate surface area is 77.6 Å². The van der Waals surface area contributed by atoms with Crippen LogP contribution in [0.4, 0.5) is 0 Å². The highest BCUT2D eigenvalue weighted by Crippen LogP contribution is 2.26. The fourth-order valence-corrected chi connectivity index (χ4v) is 1.59. The Morgan fingerprint density at radius 2 is 1.77 bits per heavy atom. The van der Waals surface area contributed by atoms with Gasteiger partial charge < -0.3 is 5.11 Å². The Morgan fingerprint density at radius 1 is 1.00 bits per heavy atom. The maximum atomic E-state index is 9.49. The Hall–Kier alpha value is -1.50. The fourth-order valence-electron chi connectivity index (χ4n) is 1.59. The molecule has 0 aliphatic heterocycles. The van der Waals surface area contributed by atoms with Crippen LogP contribution in [0.2, 0.25) is 0 Å². The number of aromatic hydroxyl groups is 1. The van der Waals surface area contributed by atoms with Gasteiger partial charge in [-0.05, 0) is 36.2 Å². The van der Waals surface area contributed by atoms with Crippen LogP contribution < -0.4 is 0 Å². The molecule has 0 spiro atoms. The lowest BCUT2D eigenvalue weighted by Gasteiger charge is -2.04. The summed E-state index contributed by atoms with van der Waals surface area (Å²) in [4.78, 5) is 0. The van der Waals surface area contributed by atoms with Gasteiger partial charge in [0.1, 0.15) is 5.75 Å². The summed E-state index contributed by atoms with van der Waals surface area (Å²) in [7, 11) is 0. The van der Waals surface area contributed by atoms with Crippen molar-refractivity contribution < 1.29 is 5.11 Å². The topological polar surface area (TPSA) is 20.2 Å². The molecule has 0 fully saturated rings. The molecule has 2 aromatic rings. The van der Waals surface area contributed by atoms with Crippen LogP contribution in [-0.2, 0) is 0 Å². The zero-order valence-corrected chi connectivity index (χ0v) is 7.83. The molecular formula is C12H12O. The van der Waals surface area contributed by atoms with Crippen molar-refractivity contribution in [2.45, 2.75) is 13.8 Å². The Kier molecular flexibility index (Phi) is 1.73. The van der Waals surface area contributed by atoms with Gasteiger partial charge in [-0.15, -0.1) is 0 Å². The first-order valence-corrected chi connectivity index (χ1v) is 4.37. The largest absolute Gasteiger partial charge is 0.508 e. The molecule has 1 nitrogen and oxygen atoms in total. The quantitative estimate of drug-likeness (QED) is 0.647. The van der Waals surface area contributed by atoms with Crippen LogP contribution in [0.3, 0.4) is 0 Å². The monoisotopic (exact) mass is 172 g/mol. The molecule has 0 unspecified atom stereocenters. The van der Waals surface area contributed by atoms with Crippen LogP contribution in [0.15, 0.2) is 30.3 Å². The summed E-state index contributed by atoms with van der Waals surface area (Å²) >= 11 is 0. The van der Waals surface area contributed by atoms with E-state index in [0.29, 0.717) is 5.75 Å². The number of hydrogen-bond donors (Lipinski definition) is 1. The van der Waals surface area contributed by atoms with Crippen molar-refractivity contribution in [3.05, 3.63) is 41.5 Å². The molecular weight excluding hydrogens is 160 g/mol. The first kappa shape index (κ1) is 8.11. The summed E-state index contributed by atoms with van der Waals surface area (Å²) in [5.74, 6) is 0.372. The number of benzene rings is 2. The smallest absolute Gasteiger partial charge is 0.119 e. The lowest BCUT2D eigenvalue weighted by Crippen LogP contribution is -1.80. The second kappa shape index (κ2) is 2.77. The SMILES string of the molecule is Cc1ccc2c(C)c(O)ccc2c1. The molecule has 0 saturated carbocycles. The highest BCUT2D eigenvalue weighted by atomic mass is 16.3. The first-order valence-electron chi connectivity index (χ1n) is 4.37. The van der Waals surface area contributed by atoms with Gasteiger partial charge in [-0.1, -0.05) is 29.8 Å². The third-order valence-corrected chi connectivity index (χ3v) is 2.42. The number of fused-ring (bicyclic) bond motifs is 1. The van der Waals surface area contributed by atoms with Crippen molar-refractivity contribution in [3.8, 4) is 5.75 Å². The molecule has 0 aliphatic rings. The van der Waals surface area contributed by atoms with Crippen molar-refractivity contribution in [1.82, 2.24) is 0 Å². The van der Waals surface area contributed by atoms with E-state index in [1.54, 1.807) is 6.07 Å². The van der Waals surface area contributed by atoms with Gasteiger partial charge in [0.05, 0.1) is 0 Å². The van der Waals surface area contributed by atoms with Crippen LogP contribution >= 0.6 is 0 Å². The molecule has 0 bridgehead atoms. The zero-order valence-electron chi connectivity index (χ0n) is 7.83. The van der Waals surface area contributed by atoms with E-state index in [0.717, 1.165) is 10.9 Å². The summed E-state index contributed by atoms with van der Waals surface area (Å²) in [6, 6.07) is 9.94. The van der Waals surface area contributed by atoms with Gasteiger partial charge in [0.25, 0.3) is 0 Å². The zero-order chi connectivity index (χ0) is 9.42. The Morgan fingerprint density at radius 3 is 2.54 bits per heavy atom. The van der Waals surface area contributed by atoms with Gasteiger partial charge in [-0.25, -0.2) is 0 Å². The number of rotatable bonds is 0. The second-order valence-corrected chi connectivity index (χ2v) is 3.43. The van der Waals surface area contributed by atoms with Crippen LogP contribution in [0.1, 0.15) is 11.1 Å². The maximum absolute atomic E-state index is 9.49. The molecule has 0 amide bonds. The summed E-state index contributed by atoms with van der Waals surface area (Å²) in [6.45, 7) is 4.01.